The first kappa shape index (κ1) is 11.9. The Hall–Kier alpha value is -0.530. The van der Waals surface area contributed by atoms with E-state index in [1.54, 1.807) is 0 Å². The average molecular weight is 222 g/mol. The van der Waals surface area contributed by atoms with Gasteiger partial charge in [0.05, 0.1) is 5.84 Å². The van der Waals surface area contributed by atoms with Gasteiger partial charge in [-0.1, -0.05) is 44.9 Å². The van der Waals surface area contributed by atoms with E-state index < -0.39 is 0 Å². The van der Waals surface area contributed by atoms with Crippen molar-refractivity contribution < 1.29 is 0 Å². The molecule has 2 aliphatic rings. The third-order valence-corrected chi connectivity index (χ3v) is 4.33. The normalized spacial score (nSPS) is 25.1. The molecule has 0 radical (unpaired) electrons. The van der Waals surface area contributed by atoms with Crippen LogP contribution in [0, 0.1) is 11.8 Å². The van der Waals surface area contributed by atoms with Crippen molar-refractivity contribution in [3.8, 4) is 0 Å². The van der Waals surface area contributed by atoms with Crippen molar-refractivity contribution in [3.63, 3.8) is 0 Å². The summed E-state index contributed by atoms with van der Waals surface area (Å²) >= 11 is 0. The third-order valence-electron chi connectivity index (χ3n) is 4.33. The number of nitrogens with two attached hydrogens (primary N) is 1. The number of aliphatic imine (C=N–C) groups is 1. The molecule has 0 aromatic rings. The molecule has 92 valence electrons. The Morgan fingerprint density at radius 2 is 1.56 bits per heavy atom. The first-order valence-corrected chi connectivity index (χ1v) is 7.16. The maximum absolute atomic E-state index is 6.08. The van der Waals surface area contributed by atoms with Gasteiger partial charge in [-0.3, -0.25) is 4.99 Å². The molecule has 0 atom stereocenters. The lowest BCUT2D eigenvalue weighted by Gasteiger charge is -2.21. The standard InChI is InChI=1S/C14H26N2/c15-14(13-8-2-1-3-9-13)16-11-10-12-6-4-5-7-12/h12-13H,1-11H2,(H2,15,16). The van der Waals surface area contributed by atoms with E-state index in [1.165, 1.54) is 64.2 Å². The predicted octanol–water partition coefficient (Wildman–Crippen LogP) is 3.50. The van der Waals surface area contributed by atoms with Crippen LogP contribution in [0.25, 0.3) is 0 Å². The smallest absolute Gasteiger partial charge is 0.0968 e. The zero-order valence-corrected chi connectivity index (χ0v) is 10.5. The molecule has 0 unspecified atom stereocenters. The van der Waals surface area contributed by atoms with Crippen LogP contribution in [0.2, 0.25) is 0 Å². The fourth-order valence-electron chi connectivity index (χ4n) is 3.20. The Morgan fingerprint density at radius 1 is 0.938 bits per heavy atom. The van der Waals surface area contributed by atoms with E-state index in [0.717, 1.165) is 18.3 Å². The highest BCUT2D eigenvalue weighted by Crippen LogP contribution is 2.27. The van der Waals surface area contributed by atoms with Crippen molar-refractivity contribution in [2.75, 3.05) is 6.54 Å². The lowest BCUT2D eigenvalue weighted by molar-refractivity contribution is 0.435. The molecule has 0 bridgehead atoms. The summed E-state index contributed by atoms with van der Waals surface area (Å²) < 4.78 is 0. The Labute approximate surface area is 99.7 Å². The van der Waals surface area contributed by atoms with Crippen LogP contribution in [0.4, 0.5) is 0 Å². The van der Waals surface area contributed by atoms with E-state index in [1.807, 2.05) is 0 Å². The molecule has 2 heteroatoms. The minimum absolute atomic E-state index is 0.609. The molecule has 2 nitrogen and oxygen atoms in total. The fraction of sp³-hybridized carbons (Fsp3) is 0.929. The van der Waals surface area contributed by atoms with Gasteiger partial charge in [-0.05, 0) is 25.2 Å². The van der Waals surface area contributed by atoms with E-state index in [0.29, 0.717) is 5.92 Å². The summed E-state index contributed by atoms with van der Waals surface area (Å²) in [6.45, 7) is 0.979. The Kier molecular flexibility index (Phi) is 4.68. The van der Waals surface area contributed by atoms with Crippen LogP contribution in [0.15, 0.2) is 4.99 Å². The van der Waals surface area contributed by atoms with E-state index in [4.69, 9.17) is 5.73 Å². The molecule has 2 N–H and O–H groups in total. The van der Waals surface area contributed by atoms with Gasteiger partial charge in [0.1, 0.15) is 0 Å². The van der Waals surface area contributed by atoms with Gasteiger partial charge in [0.15, 0.2) is 0 Å². The maximum Gasteiger partial charge on any atom is 0.0968 e. The SMILES string of the molecule is NC(=NCCC1CCCC1)C1CCCCC1. The molecule has 0 aliphatic heterocycles. The lowest BCUT2D eigenvalue weighted by Crippen LogP contribution is -2.26. The van der Waals surface area contributed by atoms with Crippen LogP contribution in [0.5, 0.6) is 0 Å². The van der Waals surface area contributed by atoms with Crippen molar-refractivity contribution in [2.45, 2.75) is 64.2 Å². The molecule has 0 aromatic heterocycles. The van der Waals surface area contributed by atoms with Gasteiger partial charge in [0.25, 0.3) is 0 Å². The molecule has 16 heavy (non-hydrogen) atoms. The lowest BCUT2D eigenvalue weighted by atomic mass is 9.88. The van der Waals surface area contributed by atoms with Crippen LogP contribution in [-0.2, 0) is 0 Å². The molecule has 0 heterocycles. The predicted molar refractivity (Wildman–Crippen MR) is 69.6 cm³/mol. The number of nitrogens with zero attached hydrogens (tertiary/aromatic N) is 1. The van der Waals surface area contributed by atoms with Gasteiger partial charge in [0, 0.05) is 12.5 Å². The summed E-state index contributed by atoms with van der Waals surface area (Å²) in [5, 5.41) is 0. The van der Waals surface area contributed by atoms with Crippen molar-refractivity contribution in [3.05, 3.63) is 0 Å². The molecule has 0 saturated heterocycles. The number of amidine groups is 1. The van der Waals surface area contributed by atoms with E-state index in [2.05, 4.69) is 4.99 Å². The van der Waals surface area contributed by atoms with E-state index >= 15 is 0 Å². The Morgan fingerprint density at radius 3 is 2.25 bits per heavy atom. The van der Waals surface area contributed by atoms with Crippen molar-refractivity contribution in [1.82, 2.24) is 0 Å². The van der Waals surface area contributed by atoms with Gasteiger partial charge >= 0.3 is 0 Å². The average Bonchev–Trinajstić information content (AvgIpc) is 2.83. The summed E-state index contributed by atoms with van der Waals surface area (Å²) in [4.78, 5) is 4.61. The summed E-state index contributed by atoms with van der Waals surface area (Å²) in [6.07, 6.45) is 13.7. The van der Waals surface area contributed by atoms with Gasteiger partial charge in [-0.25, -0.2) is 0 Å². The molecule has 2 rings (SSSR count). The monoisotopic (exact) mass is 222 g/mol. The number of hydrogen-bond acceptors (Lipinski definition) is 1. The maximum atomic E-state index is 6.08. The molecule has 0 amide bonds. The first-order chi connectivity index (χ1) is 7.86. The summed E-state index contributed by atoms with van der Waals surface area (Å²) in [6, 6.07) is 0. The Bertz CT molecular complexity index is 223. The van der Waals surface area contributed by atoms with Crippen molar-refractivity contribution in [2.24, 2.45) is 22.6 Å². The topological polar surface area (TPSA) is 38.4 Å². The van der Waals surface area contributed by atoms with Crippen LogP contribution >= 0.6 is 0 Å². The molecule has 2 fully saturated rings. The van der Waals surface area contributed by atoms with Crippen LogP contribution in [-0.4, -0.2) is 12.4 Å². The third kappa shape index (κ3) is 3.50. The van der Waals surface area contributed by atoms with E-state index in [9.17, 15) is 0 Å². The summed E-state index contributed by atoms with van der Waals surface area (Å²) in [5.74, 6) is 2.51. The molecule has 0 aromatic carbocycles. The number of hydrogen-bond donors (Lipinski definition) is 1. The second-order valence-electron chi connectivity index (χ2n) is 5.58. The van der Waals surface area contributed by atoms with Crippen molar-refractivity contribution in [1.29, 1.82) is 0 Å². The largest absolute Gasteiger partial charge is 0.387 e. The zero-order chi connectivity index (χ0) is 11.2. The summed E-state index contributed by atoms with van der Waals surface area (Å²) in [5.41, 5.74) is 6.08. The van der Waals surface area contributed by atoms with Gasteiger partial charge in [-0.2, -0.15) is 0 Å². The number of rotatable bonds is 4. The van der Waals surface area contributed by atoms with E-state index in [-0.39, 0.29) is 0 Å². The molecule has 2 aliphatic carbocycles. The van der Waals surface area contributed by atoms with Crippen LogP contribution in [0.3, 0.4) is 0 Å². The summed E-state index contributed by atoms with van der Waals surface area (Å²) in [7, 11) is 0. The fourth-order valence-corrected chi connectivity index (χ4v) is 3.20. The zero-order valence-electron chi connectivity index (χ0n) is 10.5. The van der Waals surface area contributed by atoms with Crippen molar-refractivity contribution >= 4 is 5.84 Å². The molecular formula is C14H26N2. The molecule has 0 spiro atoms. The van der Waals surface area contributed by atoms with Crippen LogP contribution < -0.4 is 5.73 Å². The first-order valence-electron chi connectivity index (χ1n) is 7.16. The second kappa shape index (κ2) is 6.27. The van der Waals surface area contributed by atoms with Gasteiger partial charge in [-0.15, -0.1) is 0 Å². The van der Waals surface area contributed by atoms with Gasteiger partial charge < -0.3 is 5.73 Å². The van der Waals surface area contributed by atoms with Gasteiger partial charge in [0.2, 0.25) is 0 Å². The molecular weight excluding hydrogens is 196 g/mol. The second-order valence-corrected chi connectivity index (χ2v) is 5.58. The molecule has 2 saturated carbocycles. The van der Waals surface area contributed by atoms with Crippen LogP contribution in [0.1, 0.15) is 64.2 Å². The Balaban J connectivity index is 1.68. The minimum Gasteiger partial charge on any atom is -0.387 e. The highest BCUT2D eigenvalue weighted by atomic mass is 14.9. The highest BCUT2D eigenvalue weighted by Gasteiger charge is 2.17. The highest BCUT2D eigenvalue weighted by molar-refractivity contribution is 5.82. The quantitative estimate of drug-likeness (QED) is 0.574. The minimum atomic E-state index is 0.609.